The molecule has 2 atom stereocenters. The third kappa shape index (κ3) is 7.68. The van der Waals surface area contributed by atoms with E-state index in [-0.39, 0.29) is 42.7 Å². The Morgan fingerprint density at radius 2 is 1.90 bits per heavy atom. The maximum atomic E-state index is 12.7. The first kappa shape index (κ1) is 26.1. The molecule has 2 fully saturated rings. The molecule has 3 rings (SSSR count). The zero-order valence-electron chi connectivity index (χ0n) is 17.5. The van der Waals surface area contributed by atoms with Gasteiger partial charge in [0.2, 0.25) is 5.91 Å². The van der Waals surface area contributed by atoms with E-state index >= 15 is 0 Å². The van der Waals surface area contributed by atoms with Crippen LogP contribution in [0.2, 0.25) is 0 Å². The number of amides is 1. The summed E-state index contributed by atoms with van der Waals surface area (Å²) >= 11 is 0. The molecular formula is C19H36Cl2N6O2. The summed E-state index contributed by atoms with van der Waals surface area (Å²) < 4.78 is 7.39. The van der Waals surface area contributed by atoms with Crippen LogP contribution in [0.25, 0.3) is 0 Å². The number of hydrogen-bond acceptors (Lipinski definition) is 6. The number of ether oxygens (including phenoxy) is 1. The van der Waals surface area contributed by atoms with Crippen LogP contribution in [0.1, 0.15) is 43.8 Å². The number of halogens is 2. The second-order valence-electron chi connectivity index (χ2n) is 7.91. The highest BCUT2D eigenvalue weighted by atomic mass is 35.5. The van der Waals surface area contributed by atoms with E-state index in [0.717, 1.165) is 76.6 Å². The lowest BCUT2D eigenvalue weighted by Crippen LogP contribution is -2.47. The van der Waals surface area contributed by atoms with Gasteiger partial charge < -0.3 is 15.8 Å². The van der Waals surface area contributed by atoms with Gasteiger partial charge >= 0.3 is 0 Å². The van der Waals surface area contributed by atoms with Crippen LogP contribution < -0.4 is 11.1 Å². The van der Waals surface area contributed by atoms with E-state index in [1.165, 1.54) is 0 Å². The van der Waals surface area contributed by atoms with Crippen molar-refractivity contribution in [2.75, 3.05) is 32.8 Å². The number of nitrogens with zero attached hydrogens (tertiary/aromatic N) is 4. The summed E-state index contributed by atoms with van der Waals surface area (Å²) in [6, 6.07) is 0.654. The van der Waals surface area contributed by atoms with Crippen molar-refractivity contribution in [1.29, 1.82) is 0 Å². The molecular weight excluding hydrogens is 415 g/mol. The van der Waals surface area contributed by atoms with Gasteiger partial charge in [0.1, 0.15) is 11.6 Å². The van der Waals surface area contributed by atoms with Gasteiger partial charge in [-0.1, -0.05) is 0 Å². The first-order chi connectivity index (χ1) is 13.0. The average Bonchev–Trinajstić information content (AvgIpc) is 2.86. The zero-order valence-corrected chi connectivity index (χ0v) is 19.1. The van der Waals surface area contributed by atoms with E-state index in [2.05, 4.69) is 20.3 Å². The number of aryl methyl sites for hydroxylation is 3. The Kier molecular flexibility index (Phi) is 11.4. The molecule has 1 aromatic heterocycles. The summed E-state index contributed by atoms with van der Waals surface area (Å²) in [5.41, 5.74) is 6.28. The average molecular weight is 451 g/mol. The van der Waals surface area contributed by atoms with Gasteiger partial charge in [0.05, 0.1) is 5.92 Å². The SMILES string of the molecule is Cc1nc(C)n(CCCNC(=O)[C@@H]2CC[C@H](N)CN(C3CCOCC3)C2)n1.Cl.Cl. The topological polar surface area (TPSA) is 98.3 Å². The van der Waals surface area contributed by atoms with Gasteiger partial charge in [0.25, 0.3) is 0 Å². The van der Waals surface area contributed by atoms with Crippen LogP contribution >= 0.6 is 24.8 Å². The molecule has 0 bridgehead atoms. The number of carbonyl (C=O) groups is 1. The fourth-order valence-electron chi connectivity index (χ4n) is 4.18. The van der Waals surface area contributed by atoms with Crippen LogP contribution in [0, 0.1) is 19.8 Å². The minimum atomic E-state index is 0. The van der Waals surface area contributed by atoms with Crippen molar-refractivity contribution in [2.45, 2.75) is 64.6 Å². The van der Waals surface area contributed by atoms with E-state index in [1.807, 2.05) is 18.5 Å². The van der Waals surface area contributed by atoms with Gasteiger partial charge in [0, 0.05) is 51.5 Å². The zero-order chi connectivity index (χ0) is 19.2. The minimum absolute atomic E-state index is 0. The van der Waals surface area contributed by atoms with Crippen molar-refractivity contribution >= 4 is 30.7 Å². The Balaban J connectivity index is 0.00000210. The molecule has 0 aliphatic carbocycles. The summed E-state index contributed by atoms with van der Waals surface area (Å²) in [4.78, 5) is 19.5. The maximum Gasteiger partial charge on any atom is 0.224 e. The monoisotopic (exact) mass is 450 g/mol. The third-order valence-corrected chi connectivity index (χ3v) is 5.70. The molecule has 29 heavy (non-hydrogen) atoms. The molecule has 1 amide bonds. The quantitative estimate of drug-likeness (QED) is 0.636. The first-order valence-electron chi connectivity index (χ1n) is 10.3. The number of likely N-dealkylation sites (tertiary alicyclic amines) is 1. The van der Waals surface area contributed by atoms with Crippen LogP contribution in [0.15, 0.2) is 0 Å². The summed E-state index contributed by atoms with van der Waals surface area (Å²) in [5, 5.41) is 7.48. The molecule has 3 N–H and O–H groups in total. The lowest BCUT2D eigenvalue weighted by atomic mass is 10.0. The Bertz CT molecular complexity index is 624. The maximum absolute atomic E-state index is 12.7. The molecule has 2 aliphatic heterocycles. The van der Waals surface area contributed by atoms with E-state index < -0.39 is 0 Å². The second kappa shape index (κ2) is 12.7. The Hall–Kier alpha value is -0.930. The molecule has 0 unspecified atom stereocenters. The molecule has 10 heteroatoms. The number of nitrogens with two attached hydrogens (primary N) is 1. The number of aromatic nitrogens is 3. The van der Waals surface area contributed by atoms with Gasteiger partial charge in [-0.25, -0.2) is 4.98 Å². The van der Waals surface area contributed by atoms with Gasteiger partial charge in [-0.3, -0.25) is 14.4 Å². The van der Waals surface area contributed by atoms with E-state index in [0.29, 0.717) is 12.6 Å². The van der Waals surface area contributed by atoms with E-state index in [4.69, 9.17) is 10.5 Å². The predicted octanol–water partition coefficient (Wildman–Crippen LogP) is 1.46. The van der Waals surface area contributed by atoms with Crippen LogP contribution in [0.5, 0.6) is 0 Å². The van der Waals surface area contributed by atoms with Crippen LogP contribution in [-0.4, -0.2) is 70.5 Å². The molecule has 0 saturated carbocycles. The smallest absolute Gasteiger partial charge is 0.224 e. The molecule has 8 nitrogen and oxygen atoms in total. The molecule has 2 saturated heterocycles. The summed E-state index contributed by atoms with van der Waals surface area (Å²) in [7, 11) is 0. The van der Waals surface area contributed by atoms with Crippen molar-refractivity contribution in [3.8, 4) is 0 Å². The fourth-order valence-corrected chi connectivity index (χ4v) is 4.18. The van der Waals surface area contributed by atoms with Crippen molar-refractivity contribution in [2.24, 2.45) is 11.7 Å². The van der Waals surface area contributed by atoms with Crippen LogP contribution in [0.3, 0.4) is 0 Å². The molecule has 1 aromatic rings. The summed E-state index contributed by atoms with van der Waals surface area (Å²) in [6.07, 6.45) is 4.71. The standard InChI is InChI=1S/C19H34N6O2.2ClH/c1-14-22-15(2)25(23-14)9-3-8-21-19(26)16-4-5-17(20)13-24(12-16)18-6-10-27-11-7-18;;/h16-18H,3-13,20H2,1-2H3,(H,21,26);2*1H/t16-,17+;;/m1../s1. The number of hydrogen-bond donors (Lipinski definition) is 2. The second-order valence-corrected chi connectivity index (χ2v) is 7.91. The molecule has 0 radical (unpaired) electrons. The highest BCUT2D eigenvalue weighted by Gasteiger charge is 2.31. The Labute approximate surface area is 186 Å². The molecule has 2 aliphatic rings. The van der Waals surface area contributed by atoms with Crippen molar-refractivity contribution in [3.63, 3.8) is 0 Å². The van der Waals surface area contributed by atoms with E-state index in [1.54, 1.807) is 0 Å². The van der Waals surface area contributed by atoms with Crippen molar-refractivity contribution in [1.82, 2.24) is 25.0 Å². The van der Waals surface area contributed by atoms with Crippen LogP contribution in [0.4, 0.5) is 0 Å². The molecule has 0 spiro atoms. The number of rotatable bonds is 6. The largest absolute Gasteiger partial charge is 0.381 e. The van der Waals surface area contributed by atoms with Crippen molar-refractivity contribution in [3.05, 3.63) is 11.6 Å². The molecule has 3 heterocycles. The Morgan fingerprint density at radius 3 is 2.55 bits per heavy atom. The third-order valence-electron chi connectivity index (χ3n) is 5.70. The highest BCUT2D eigenvalue weighted by molar-refractivity contribution is 5.85. The number of nitrogens with one attached hydrogen (secondary N) is 1. The summed E-state index contributed by atoms with van der Waals surface area (Å²) in [6.45, 7) is 8.62. The van der Waals surface area contributed by atoms with E-state index in [9.17, 15) is 4.79 Å². The van der Waals surface area contributed by atoms with Gasteiger partial charge in [-0.05, 0) is 46.0 Å². The fraction of sp³-hybridized carbons (Fsp3) is 0.842. The van der Waals surface area contributed by atoms with Gasteiger partial charge in [-0.15, -0.1) is 24.8 Å². The van der Waals surface area contributed by atoms with Crippen LogP contribution in [-0.2, 0) is 16.1 Å². The number of carbonyl (C=O) groups excluding carboxylic acids is 1. The Morgan fingerprint density at radius 1 is 1.17 bits per heavy atom. The first-order valence-corrected chi connectivity index (χ1v) is 10.3. The lowest BCUT2D eigenvalue weighted by molar-refractivity contribution is -0.126. The molecule has 0 aromatic carbocycles. The molecule has 168 valence electrons. The predicted molar refractivity (Wildman–Crippen MR) is 118 cm³/mol. The van der Waals surface area contributed by atoms with Crippen molar-refractivity contribution < 1.29 is 9.53 Å². The minimum Gasteiger partial charge on any atom is -0.381 e. The van der Waals surface area contributed by atoms with Gasteiger partial charge in [-0.2, -0.15) is 5.10 Å². The normalized spacial score (nSPS) is 23.6. The summed E-state index contributed by atoms with van der Waals surface area (Å²) in [5.74, 6) is 1.90. The van der Waals surface area contributed by atoms with Gasteiger partial charge in [0.15, 0.2) is 0 Å². The lowest BCUT2D eigenvalue weighted by Gasteiger charge is -2.35. The highest BCUT2D eigenvalue weighted by Crippen LogP contribution is 2.22.